The van der Waals surface area contributed by atoms with Crippen molar-refractivity contribution in [3.63, 3.8) is 0 Å². The highest BCUT2D eigenvalue weighted by Gasteiger charge is 2.32. The second-order valence-corrected chi connectivity index (χ2v) is 11.7. The summed E-state index contributed by atoms with van der Waals surface area (Å²) in [7, 11) is 0. The van der Waals surface area contributed by atoms with Gasteiger partial charge in [0.05, 0.1) is 16.3 Å². The molecule has 2 aromatic heterocycles. The average molecular weight is 598 g/mol. The predicted molar refractivity (Wildman–Crippen MR) is 156 cm³/mol. The van der Waals surface area contributed by atoms with Crippen molar-refractivity contribution in [2.75, 3.05) is 0 Å². The standard InChI is InChI=1S/C32H22BrFN2O2S/c1-18-6-13-24(26(33)16-18)27-15-12-22(38-27)17-28-31(37)36-30(20-7-10-21(34)11-8-20)25-14-9-19-4-2-3-5-23(19)29(25)35-32(36)39-28/h2-8,10-13,15-17,30H,9,14H2,1H3/b28-17+/t30-/m0/s1. The van der Waals surface area contributed by atoms with Crippen molar-refractivity contribution in [1.82, 2.24) is 4.57 Å². The average Bonchev–Trinajstić information content (AvgIpc) is 3.52. The summed E-state index contributed by atoms with van der Waals surface area (Å²) in [4.78, 5) is 19.6. The summed E-state index contributed by atoms with van der Waals surface area (Å²) in [6.45, 7) is 2.04. The van der Waals surface area contributed by atoms with Gasteiger partial charge in [-0.05, 0) is 78.4 Å². The molecule has 0 spiro atoms. The van der Waals surface area contributed by atoms with Crippen LogP contribution in [-0.4, -0.2) is 4.57 Å². The third-order valence-corrected chi connectivity index (χ3v) is 8.99. The number of aromatic nitrogens is 1. The second kappa shape index (κ2) is 9.43. The summed E-state index contributed by atoms with van der Waals surface area (Å²) in [6, 6.07) is 24.3. The van der Waals surface area contributed by atoms with Gasteiger partial charge in [-0.15, -0.1) is 0 Å². The summed E-state index contributed by atoms with van der Waals surface area (Å²) < 4.78 is 23.2. The Labute approximate surface area is 236 Å². The van der Waals surface area contributed by atoms with Crippen LogP contribution >= 0.6 is 27.3 Å². The first-order valence-corrected chi connectivity index (χ1v) is 14.3. The molecule has 0 radical (unpaired) electrons. The molecule has 0 saturated heterocycles. The summed E-state index contributed by atoms with van der Waals surface area (Å²) in [5.41, 5.74) is 7.20. The molecule has 0 bridgehead atoms. The molecule has 1 atom stereocenters. The lowest BCUT2D eigenvalue weighted by molar-refractivity contribution is 0.570. The molecule has 3 aromatic carbocycles. The topological polar surface area (TPSA) is 47.5 Å². The molecule has 1 aliphatic carbocycles. The highest BCUT2D eigenvalue weighted by molar-refractivity contribution is 9.10. The lowest BCUT2D eigenvalue weighted by Crippen LogP contribution is -2.38. The van der Waals surface area contributed by atoms with Gasteiger partial charge in [-0.25, -0.2) is 9.38 Å². The first kappa shape index (κ1) is 24.2. The molecule has 4 nitrogen and oxygen atoms in total. The molecule has 0 fully saturated rings. The quantitative estimate of drug-likeness (QED) is 0.230. The van der Waals surface area contributed by atoms with Gasteiger partial charge in [0.25, 0.3) is 5.56 Å². The van der Waals surface area contributed by atoms with Crippen LogP contribution in [0.25, 0.3) is 23.1 Å². The maximum Gasteiger partial charge on any atom is 0.271 e. The van der Waals surface area contributed by atoms with Crippen LogP contribution in [0.4, 0.5) is 4.39 Å². The monoisotopic (exact) mass is 596 g/mol. The van der Waals surface area contributed by atoms with E-state index >= 15 is 0 Å². The van der Waals surface area contributed by atoms with E-state index in [1.807, 2.05) is 49.4 Å². The number of hydrogen-bond donors (Lipinski definition) is 0. The Balaban J connectivity index is 1.39. The van der Waals surface area contributed by atoms with Crippen molar-refractivity contribution in [2.24, 2.45) is 4.99 Å². The molecule has 7 rings (SSSR count). The van der Waals surface area contributed by atoms with E-state index in [4.69, 9.17) is 9.41 Å². The Morgan fingerprint density at radius 1 is 1.03 bits per heavy atom. The van der Waals surface area contributed by atoms with Crippen molar-refractivity contribution < 1.29 is 8.81 Å². The molecule has 0 unspecified atom stereocenters. The molecule has 2 aliphatic rings. The molecule has 7 heteroatoms. The van der Waals surface area contributed by atoms with Crippen molar-refractivity contribution in [3.05, 3.63) is 142 Å². The smallest absolute Gasteiger partial charge is 0.271 e. The number of allylic oxidation sites excluding steroid dienone is 1. The van der Waals surface area contributed by atoms with Crippen LogP contribution in [0.1, 0.15) is 40.5 Å². The van der Waals surface area contributed by atoms with Gasteiger partial charge in [-0.1, -0.05) is 69.7 Å². The Bertz CT molecular complexity index is 1980. The molecule has 1 aliphatic heterocycles. The van der Waals surface area contributed by atoms with Gasteiger partial charge in [0.1, 0.15) is 17.3 Å². The van der Waals surface area contributed by atoms with Crippen LogP contribution in [0.2, 0.25) is 0 Å². The van der Waals surface area contributed by atoms with Crippen LogP contribution < -0.4 is 14.9 Å². The number of rotatable bonds is 3. The van der Waals surface area contributed by atoms with E-state index in [1.165, 1.54) is 29.0 Å². The van der Waals surface area contributed by atoms with Gasteiger partial charge in [0, 0.05) is 21.7 Å². The summed E-state index contributed by atoms with van der Waals surface area (Å²) >= 11 is 4.97. The zero-order valence-electron chi connectivity index (χ0n) is 20.9. The fourth-order valence-electron chi connectivity index (χ4n) is 5.49. The van der Waals surface area contributed by atoms with Gasteiger partial charge in [0.2, 0.25) is 0 Å². The molecular weight excluding hydrogens is 575 g/mol. The number of benzene rings is 3. The SMILES string of the molecule is Cc1ccc(-c2ccc(/C=c3/sc4n(c3=O)[C@@H](c3ccc(F)cc3)C3=C(N=4)c4ccccc4CC3)o2)c(Br)c1. The largest absolute Gasteiger partial charge is 0.457 e. The van der Waals surface area contributed by atoms with E-state index < -0.39 is 0 Å². The maximum absolute atomic E-state index is 13.9. The van der Waals surface area contributed by atoms with Gasteiger partial charge in [-0.2, -0.15) is 0 Å². The van der Waals surface area contributed by atoms with E-state index in [1.54, 1.807) is 22.8 Å². The third kappa shape index (κ3) is 4.17. The van der Waals surface area contributed by atoms with Crippen molar-refractivity contribution >= 4 is 39.0 Å². The molecular formula is C32H22BrFN2O2S. The Morgan fingerprint density at radius 2 is 1.85 bits per heavy atom. The van der Waals surface area contributed by atoms with Gasteiger partial charge >= 0.3 is 0 Å². The summed E-state index contributed by atoms with van der Waals surface area (Å²) in [5.74, 6) is 1.01. The van der Waals surface area contributed by atoms with Crippen LogP contribution in [0.15, 0.2) is 103 Å². The zero-order chi connectivity index (χ0) is 26.7. The van der Waals surface area contributed by atoms with Crippen molar-refractivity contribution in [3.8, 4) is 11.3 Å². The highest BCUT2D eigenvalue weighted by atomic mass is 79.9. The fourth-order valence-corrected chi connectivity index (χ4v) is 7.16. The van der Waals surface area contributed by atoms with Crippen LogP contribution in [0, 0.1) is 12.7 Å². The van der Waals surface area contributed by atoms with Crippen LogP contribution in [0.5, 0.6) is 0 Å². The molecule has 0 amide bonds. The Kier molecular flexibility index (Phi) is 5.86. The van der Waals surface area contributed by atoms with Crippen LogP contribution in [-0.2, 0) is 6.42 Å². The lowest BCUT2D eigenvalue weighted by Gasteiger charge is -2.30. The first-order valence-electron chi connectivity index (χ1n) is 12.7. The molecule has 5 aromatic rings. The Hall–Kier alpha value is -3.81. The molecule has 0 N–H and O–H groups in total. The zero-order valence-corrected chi connectivity index (χ0v) is 23.4. The van der Waals surface area contributed by atoms with Crippen molar-refractivity contribution in [1.29, 1.82) is 0 Å². The summed E-state index contributed by atoms with van der Waals surface area (Å²) in [5, 5.41) is 0. The number of thiazole rings is 1. The normalized spacial score (nSPS) is 16.5. The molecule has 192 valence electrons. The highest BCUT2D eigenvalue weighted by Crippen LogP contribution is 2.41. The third-order valence-electron chi connectivity index (χ3n) is 7.35. The number of halogens is 2. The van der Waals surface area contributed by atoms with E-state index in [-0.39, 0.29) is 17.4 Å². The lowest BCUT2D eigenvalue weighted by atomic mass is 9.83. The predicted octanol–water partition coefficient (Wildman–Crippen LogP) is 6.79. The van der Waals surface area contributed by atoms with Gasteiger partial charge in [-0.3, -0.25) is 9.36 Å². The number of nitrogens with zero attached hydrogens (tertiary/aromatic N) is 2. The second-order valence-electron chi connectivity index (χ2n) is 9.85. The van der Waals surface area contributed by atoms with E-state index in [0.29, 0.717) is 15.1 Å². The molecule has 0 saturated carbocycles. The van der Waals surface area contributed by atoms with Crippen LogP contribution in [0.3, 0.4) is 0 Å². The van der Waals surface area contributed by atoms with E-state index in [9.17, 15) is 9.18 Å². The fraction of sp³-hybridized carbons (Fsp3) is 0.125. The van der Waals surface area contributed by atoms with Gasteiger partial charge in [0.15, 0.2) is 4.80 Å². The van der Waals surface area contributed by atoms with E-state index in [2.05, 4.69) is 28.1 Å². The number of hydrogen-bond acceptors (Lipinski definition) is 4. The molecule has 3 heterocycles. The first-order chi connectivity index (χ1) is 19.0. The minimum atomic E-state index is -0.344. The maximum atomic E-state index is 13.9. The summed E-state index contributed by atoms with van der Waals surface area (Å²) in [6.07, 6.45) is 3.44. The van der Waals surface area contributed by atoms with Crippen molar-refractivity contribution in [2.45, 2.75) is 25.8 Å². The van der Waals surface area contributed by atoms with Gasteiger partial charge < -0.3 is 4.42 Å². The minimum absolute atomic E-state index is 0.132. The molecule has 39 heavy (non-hydrogen) atoms. The minimum Gasteiger partial charge on any atom is -0.457 e. The van der Waals surface area contributed by atoms with E-state index in [0.717, 1.165) is 56.6 Å². The number of fused-ring (bicyclic) bond motifs is 3. The number of furan rings is 1. The number of aryl methyl sites for hydroxylation is 2. The Morgan fingerprint density at radius 3 is 2.67 bits per heavy atom.